The molecule has 0 radical (unpaired) electrons. The Kier molecular flexibility index (Phi) is 7.60. The summed E-state index contributed by atoms with van der Waals surface area (Å²) in [5.41, 5.74) is 3.54. The second-order valence-electron chi connectivity index (χ2n) is 7.58. The Bertz CT molecular complexity index is 773. The summed E-state index contributed by atoms with van der Waals surface area (Å²) >= 11 is 6.11. The highest BCUT2D eigenvalue weighted by Gasteiger charge is 2.13. The van der Waals surface area contributed by atoms with Crippen LogP contribution in [-0.2, 0) is 13.0 Å². The number of ether oxygens (including phenoxy) is 2. The number of piperazine rings is 1. The molecule has 0 N–H and O–H groups in total. The molecule has 0 aliphatic carbocycles. The highest BCUT2D eigenvalue weighted by molar-refractivity contribution is 6.31. The maximum Gasteiger partial charge on any atom is 0.120 e. The standard InChI is InChI=1S/C23H31ClN2O2/c1-18-15-22(8-9-23(18)24)28-17-20-16-21(27-3)7-6-19(20)5-4-10-26-13-11-25(2)12-14-26/h6-9,15-16H,4-5,10-14,17H2,1-3H3. The zero-order valence-corrected chi connectivity index (χ0v) is 18.0. The van der Waals surface area contributed by atoms with Crippen molar-refractivity contribution in [2.24, 2.45) is 0 Å². The number of methoxy groups -OCH3 is 1. The lowest BCUT2D eigenvalue weighted by molar-refractivity contribution is 0.153. The summed E-state index contributed by atoms with van der Waals surface area (Å²) in [7, 11) is 3.90. The summed E-state index contributed by atoms with van der Waals surface area (Å²) in [5.74, 6) is 1.71. The molecule has 5 heteroatoms. The van der Waals surface area contributed by atoms with E-state index in [1.807, 2.05) is 31.2 Å². The zero-order valence-electron chi connectivity index (χ0n) is 17.2. The predicted molar refractivity (Wildman–Crippen MR) is 116 cm³/mol. The molecule has 0 bridgehead atoms. The van der Waals surface area contributed by atoms with Gasteiger partial charge in [-0.25, -0.2) is 0 Å². The van der Waals surface area contributed by atoms with Crippen LogP contribution in [0.1, 0.15) is 23.1 Å². The van der Waals surface area contributed by atoms with Gasteiger partial charge in [0.05, 0.1) is 7.11 Å². The molecule has 1 fully saturated rings. The molecular weight excluding hydrogens is 372 g/mol. The van der Waals surface area contributed by atoms with E-state index in [2.05, 4.69) is 29.0 Å². The molecule has 2 aromatic carbocycles. The van der Waals surface area contributed by atoms with E-state index < -0.39 is 0 Å². The van der Waals surface area contributed by atoms with Crippen molar-refractivity contribution in [3.05, 3.63) is 58.1 Å². The van der Waals surface area contributed by atoms with Gasteiger partial charge < -0.3 is 19.3 Å². The fourth-order valence-electron chi connectivity index (χ4n) is 3.54. The van der Waals surface area contributed by atoms with Crippen molar-refractivity contribution in [1.29, 1.82) is 0 Å². The number of hydrogen-bond donors (Lipinski definition) is 0. The van der Waals surface area contributed by atoms with Crippen molar-refractivity contribution >= 4 is 11.6 Å². The van der Waals surface area contributed by atoms with Gasteiger partial charge in [0.15, 0.2) is 0 Å². The van der Waals surface area contributed by atoms with E-state index in [9.17, 15) is 0 Å². The Morgan fingerprint density at radius 2 is 1.71 bits per heavy atom. The fourth-order valence-corrected chi connectivity index (χ4v) is 3.66. The van der Waals surface area contributed by atoms with Gasteiger partial charge in [-0.2, -0.15) is 0 Å². The number of rotatable bonds is 8. The maximum atomic E-state index is 6.11. The van der Waals surface area contributed by atoms with Crippen molar-refractivity contribution in [2.45, 2.75) is 26.4 Å². The molecule has 4 nitrogen and oxygen atoms in total. The minimum absolute atomic E-state index is 0.530. The van der Waals surface area contributed by atoms with Gasteiger partial charge >= 0.3 is 0 Å². The van der Waals surface area contributed by atoms with Crippen molar-refractivity contribution in [3.8, 4) is 11.5 Å². The second kappa shape index (κ2) is 10.1. The van der Waals surface area contributed by atoms with Gasteiger partial charge in [0.1, 0.15) is 18.1 Å². The Morgan fingerprint density at radius 1 is 0.964 bits per heavy atom. The molecule has 152 valence electrons. The molecule has 0 unspecified atom stereocenters. The third-order valence-electron chi connectivity index (χ3n) is 5.45. The number of hydrogen-bond acceptors (Lipinski definition) is 4. The van der Waals surface area contributed by atoms with Crippen LogP contribution in [0, 0.1) is 6.92 Å². The van der Waals surface area contributed by atoms with E-state index in [1.54, 1.807) is 7.11 Å². The molecule has 0 saturated carbocycles. The number of likely N-dealkylation sites (N-methyl/N-ethyl adjacent to an activating group) is 1. The quantitative estimate of drug-likeness (QED) is 0.652. The molecule has 3 rings (SSSR count). The van der Waals surface area contributed by atoms with Gasteiger partial charge in [-0.05, 0) is 80.4 Å². The summed E-state index contributed by atoms with van der Waals surface area (Å²) < 4.78 is 11.5. The molecule has 0 atom stereocenters. The Labute approximate surface area is 174 Å². The molecule has 2 aromatic rings. The van der Waals surface area contributed by atoms with Gasteiger partial charge in [-0.15, -0.1) is 0 Å². The third kappa shape index (κ3) is 5.87. The average Bonchev–Trinajstić information content (AvgIpc) is 2.71. The highest BCUT2D eigenvalue weighted by atomic mass is 35.5. The van der Waals surface area contributed by atoms with Gasteiger partial charge in [-0.1, -0.05) is 17.7 Å². The Balaban J connectivity index is 1.59. The van der Waals surface area contributed by atoms with Crippen molar-refractivity contribution in [2.75, 3.05) is 46.9 Å². The van der Waals surface area contributed by atoms with Crippen molar-refractivity contribution in [3.63, 3.8) is 0 Å². The predicted octanol–water partition coefficient (Wildman–Crippen LogP) is 4.42. The molecule has 28 heavy (non-hydrogen) atoms. The van der Waals surface area contributed by atoms with Crippen LogP contribution >= 0.6 is 11.6 Å². The summed E-state index contributed by atoms with van der Waals surface area (Å²) in [6.45, 7) is 8.35. The summed E-state index contributed by atoms with van der Waals surface area (Å²) in [5, 5.41) is 0.762. The van der Waals surface area contributed by atoms with Crippen molar-refractivity contribution in [1.82, 2.24) is 9.80 Å². The summed E-state index contributed by atoms with van der Waals surface area (Å²) in [6, 6.07) is 12.1. The lowest BCUT2D eigenvalue weighted by Gasteiger charge is -2.32. The Hall–Kier alpha value is -1.75. The normalized spacial score (nSPS) is 15.6. The largest absolute Gasteiger partial charge is 0.497 e. The number of aryl methyl sites for hydroxylation is 2. The van der Waals surface area contributed by atoms with Crippen LogP contribution in [0.3, 0.4) is 0 Å². The van der Waals surface area contributed by atoms with E-state index in [1.165, 1.54) is 37.3 Å². The molecule has 1 aliphatic heterocycles. The van der Waals surface area contributed by atoms with Crippen LogP contribution < -0.4 is 9.47 Å². The number of benzene rings is 2. The Morgan fingerprint density at radius 3 is 2.43 bits per heavy atom. The first kappa shape index (κ1) is 21.0. The molecule has 0 aromatic heterocycles. The SMILES string of the molecule is COc1ccc(CCCN2CCN(C)CC2)c(COc2ccc(Cl)c(C)c2)c1. The fraction of sp³-hybridized carbons (Fsp3) is 0.478. The third-order valence-corrected chi connectivity index (χ3v) is 5.88. The van der Waals surface area contributed by atoms with Crippen LogP contribution in [0.15, 0.2) is 36.4 Å². The van der Waals surface area contributed by atoms with E-state index >= 15 is 0 Å². The lowest BCUT2D eigenvalue weighted by atomic mass is 10.0. The minimum atomic E-state index is 0.530. The number of halogens is 1. The molecule has 1 heterocycles. The molecule has 0 spiro atoms. The first-order valence-electron chi connectivity index (χ1n) is 10.0. The topological polar surface area (TPSA) is 24.9 Å². The van der Waals surface area contributed by atoms with Crippen LogP contribution in [-0.4, -0.2) is 56.7 Å². The smallest absolute Gasteiger partial charge is 0.120 e. The van der Waals surface area contributed by atoms with E-state index in [0.29, 0.717) is 6.61 Å². The molecule has 1 saturated heterocycles. The summed E-state index contributed by atoms with van der Waals surface area (Å²) in [6.07, 6.45) is 2.21. The maximum absolute atomic E-state index is 6.11. The molecular formula is C23H31ClN2O2. The van der Waals surface area contributed by atoms with E-state index in [-0.39, 0.29) is 0 Å². The van der Waals surface area contributed by atoms with Crippen LogP contribution in [0.5, 0.6) is 11.5 Å². The zero-order chi connectivity index (χ0) is 19.9. The van der Waals surface area contributed by atoms with Gasteiger partial charge in [0, 0.05) is 31.2 Å². The van der Waals surface area contributed by atoms with Crippen molar-refractivity contribution < 1.29 is 9.47 Å². The average molecular weight is 403 g/mol. The lowest BCUT2D eigenvalue weighted by Crippen LogP contribution is -2.44. The van der Waals surface area contributed by atoms with E-state index in [4.69, 9.17) is 21.1 Å². The number of nitrogens with zero attached hydrogens (tertiary/aromatic N) is 2. The van der Waals surface area contributed by atoms with Gasteiger partial charge in [0.25, 0.3) is 0 Å². The van der Waals surface area contributed by atoms with Gasteiger partial charge in [-0.3, -0.25) is 0 Å². The minimum Gasteiger partial charge on any atom is -0.497 e. The molecule has 0 amide bonds. The van der Waals surface area contributed by atoms with Crippen LogP contribution in [0.4, 0.5) is 0 Å². The summed E-state index contributed by atoms with van der Waals surface area (Å²) in [4.78, 5) is 4.96. The van der Waals surface area contributed by atoms with Crippen LogP contribution in [0.25, 0.3) is 0 Å². The first-order valence-corrected chi connectivity index (χ1v) is 10.4. The van der Waals surface area contributed by atoms with Gasteiger partial charge in [0.2, 0.25) is 0 Å². The second-order valence-corrected chi connectivity index (χ2v) is 7.99. The first-order chi connectivity index (χ1) is 13.5. The van der Waals surface area contributed by atoms with E-state index in [0.717, 1.165) is 41.5 Å². The van der Waals surface area contributed by atoms with Crippen LogP contribution in [0.2, 0.25) is 5.02 Å². The monoisotopic (exact) mass is 402 g/mol. The highest BCUT2D eigenvalue weighted by Crippen LogP contribution is 2.24. The molecule has 1 aliphatic rings.